The molecule has 1 fully saturated rings. The van der Waals surface area contributed by atoms with Crippen LogP contribution < -0.4 is 4.74 Å². The highest BCUT2D eigenvalue weighted by Crippen LogP contribution is 2.21. The van der Waals surface area contributed by atoms with Crippen molar-refractivity contribution in [3.05, 3.63) is 29.3 Å². The molecule has 1 atom stereocenters. The summed E-state index contributed by atoms with van der Waals surface area (Å²) in [4.78, 5) is 14.2. The van der Waals surface area contributed by atoms with Crippen molar-refractivity contribution >= 4 is 15.7 Å². The van der Waals surface area contributed by atoms with Gasteiger partial charge in [-0.05, 0) is 38.3 Å². The Labute approximate surface area is 138 Å². The number of nitrogens with zero attached hydrogens (tertiary/aromatic N) is 1. The topological polar surface area (TPSA) is 63.7 Å². The second kappa shape index (κ2) is 7.34. The molecule has 0 bridgehead atoms. The minimum absolute atomic E-state index is 0.0551. The molecule has 0 aliphatic carbocycles. The number of aryl methyl sites for hydroxylation is 2. The number of sulfone groups is 1. The van der Waals surface area contributed by atoms with Gasteiger partial charge in [0.05, 0.1) is 11.5 Å². The zero-order chi connectivity index (χ0) is 17.0. The first-order valence-electron chi connectivity index (χ1n) is 8.02. The third kappa shape index (κ3) is 4.70. The second-order valence-electron chi connectivity index (χ2n) is 6.20. The third-order valence-electron chi connectivity index (χ3n) is 4.12. The first-order valence-corrected chi connectivity index (χ1v) is 9.84. The van der Waals surface area contributed by atoms with Crippen molar-refractivity contribution in [2.45, 2.75) is 39.7 Å². The summed E-state index contributed by atoms with van der Waals surface area (Å²) in [5.41, 5.74) is 2.13. The van der Waals surface area contributed by atoms with Crippen molar-refractivity contribution < 1.29 is 17.9 Å². The fourth-order valence-corrected chi connectivity index (χ4v) is 4.69. The van der Waals surface area contributed by atoms with Gasteiger partial charge in [0.25, 0.3) is 5.91 Å². The molecule has 0 radical (unpaired) electrons. The number of amides is 1. The molecule has 1 aromatic rings. The summed E-state index contributed by atoms with van der Waals surface area (Å²) < 4.78 is 29.0. The average Bonchev–Trinajstić information content (AvgIpc) is 2.83. The van der Waals surface area contributed by atoms with E-state index in [2.05, 4.69) is 0 Å². The second-order valence-corrected chi connectivity index (χ2v) is 8.43. The van der Waals surface area contributed by atoms with Gasteiger partial charge in [-0.1, -0.05) is 24.6 Å². The SMILES string of the molecule is CCCN(C(=O)COc1ccc(C)cc1C)C1CCS(=O)(=O)C1. The Balaban J connectivity index is 2.01. The Morgan fingerprint density at radius 2 is 2.09 bits per heavy atom. The molecule has 6 heteroatoms. The summed E-state index contributed by atoms with van der Waals surface area (Å²) in [6.07, 6.45) is 1.32. The zero-order valence-corrected chi connectivity index (χ0v) is 14.9. The van der Waals surface area contributed by atoms with E-state index in [4.69, 9.17) is 4.74 Å². The zero-order valence-electron chi connectivity index (χ0n) is 14.0. The molecule has 2 rings (SSSR count). The maximum absolute atomic E-state index is 12.5. The van der Waals surface area contributed by atoms with Gasteiger partial charge in [0, 0.05) is 12.6 Å². The Morgan fingerprint density at radius 1 is 1.35 bits per heavy atom. The van der Waals surface area contributed by atoms with Crippen LogP contribution in [0.5, 0.6) is 5.75 Å². The molecule has 5 nitrogen and oxygen atoms in total. The van der Waals surface area contributed by atoms with E-state index >= 15 is 0 Å². The minimum Gasteiger partial charge on any atom is -0.484 e. The predicted octanol–water partition coefficient (Wildman–Crippen LogP) is 2.11. The van der Waals surface area contributed by atoms with Gasteiger partial charge >= 0.3 is 0 Å². The van der Waals surface area contributed by atoms with Crippen molar-refractivity contribution in [1.82, 2.24) is 4.90 Å². The summed E-state index contributed by atoms with van der Waals surface area (Å²) in [5.74, 6) is 0.791. The lowest BCUT2D eigenvalue weighted by molar-refractivity contribution is -0.135. The molecule has 128 valence electrons. The number of rotatable bonds is 6. The first kappa shape index (κ1) is 17.8. The van der Waals surface area contributed by atoms with Gasteiger partial charge in [-0.2, -0.15) is 0 Å². The van der Waals surface area contributed by atoms with Crippen LogP contribution in [0, 0.1) is 13.8 Å². The lowest BCUT2D eigenvalue weighted by atomic mass is 10.1. The molecule has 0 saturated carbocycles. The number of carbonyl (C=O) groups is 1. The maximum Gasteiger partial charge on any atom is 0.260 e. The first-order chi connectivity index (χ1) is 10.8. The lowest BCUT2D eigenvalue weighted by Crippen LogP contribution is -2.44. The number of hydrogen-bond donors (Lipinski definition) is 0. The fraction of sp³-hybridized carbons (Fsp3) is 0.588. The van der Waals surface area contributed by atoms with E-state index in [0.29, 0.717) is 18.7 Å². The largest absolute Gasteiger partial charge is 0.484 e. The Kier molecular flexibility index (Phi) is 5.68. The molecule has 1 aliphatic heterocycles. The van der Waals surface area contributed by atoms with E-state index in [1.54, 1.807) is 4.90 Å². The average molecular weight is 339 g/mol. The molecule has 1 aromatic carbocycles. The van der Waals surface area contributed by atoms with Crippen LogP contribution in [-0.2, 0) is 14.6 Å². The highest BCUT2D eigenvalue weighted by atomic mass is 32.2. The van der Waals surface area contributed by atoms with Gasteiger partial charge < -0.3 is 9.64 Å². The van der Waals surface area contributed by atoms with E-state index in [9.17, 15) is 13.2 Å². The quantitative estimate of drug-likeness (QED) is 0.796. The highest BCUT2D eigenvalue weighted by Gasteiger charge is 2.34. The van der Waals surface area contributed by atoms with Crippen LogP contribution in [0.3, 0.4) is 0 Å². The Bertz CT molecular complexity index is 669. The van der Waals surface area contributed by atoms with Gasteiger partial charge in [-0.3, -0.25) is 4.79 Å². The van der Waals surface area contributed by atoms with E-state index in [-0.39, 0.29) is 30.1 Å². The van der Waals surface area contributed by atoms with Crippen molar-refractivity contribution in [3.8, 4) is 5.75 Å². The monoisotopic (exact) mass is 339 g/mol. The fourth-order valence-electron chi connectivity index (χ4n) is 2.96. The Morgan fingerprint density at radius 3 is 2.65 bits per heavy atom. The van der Waals surface area contributed by atoms with Crippen molar-refractivity contribution in [1.29, 1.82) is 0 Å². The van der Waals surface area contributed by atoms with Crippen LogP contribution >= 0.6 is 0 Å². The minimum atomic E-state index is -3.01. The third-order valence-corrected chi connectivity index (χ3v) is 5.87. The summed E-state index contributed by atoms with van der Waals surface area (Å²) >= 11 is 0. The Hall–Kier alpha value is -1.56. The van der Waals surface area contributed by atoms with Gasteiger partial charge in [0.2, 0.25) is 0 Å². The molecule has 1 heterocycles. The van der Waals surface area contributed by atoms with Crippen molar-refractivity contribution in [2.75, 3.05) is 24.7 Å². The molecule has 1 amide bonds. The molecule has 0 spiro atoms. The van der Waals surface area contributed by atoms with Crippen LogP contribution in [0.4, 0.5) is 0 Å². The number of ether oxygens (including phenoxy) is 1. The summed E-state index contributed by atoms with van der Waals surface area (Å²) in [6.45, 7) is 6.44. The van der Waals surface area contributed by atoms with E-state index in [1.165, 1.54) is 0 Å². The normalized spacial score (nSPS) is 19.5. The highest BCUT2D eigenvalue weighted by molar-refractivity contribution is 7.91. The summed E-state index contributed by atoms with van der Waals surface area (Å²) in [7, 11) is -3.01. The van der Waals surface area contributed by atoms with Crippen LogP contribution in [0.25, 0.3) is 0 Å². The molecule has 1 unspecified atom stereocenters. The van der Waals surface area contributed by atoms with Crippen LogP contribution in [0.15, 0.2) is 18.2 Å². The summed E-state index contributed by atoms with van der Waals surface area (Å²) in [5, 5.41) is 0. The molecule has 0 N–H and O–H groups in total. The molecular weight excluding hydrogens is 314 g/mol. The van der Waals surface area contributed by atoms with Crippen LogP contribution in [0.2, 0.25) is 0 Å². The molecule has 23 heavy (non-hydrogen) atoms. The van der Waals surface area contributed by atoms with Crippen LogP contribution in [-0.4, -0.2) is 49.9 Å². The smallest absolute Gasteiger partial charge is 0.260 e. The molecular formula is C17H25NO4S. The van der Waals surface area contributed by atoms with E-state index in [1.807, 2.05) is 39.0 Å². The van der Waals surface area contributed by atoms with E-state index < -0.39 is 9.84 Å². The van der Waals surface area contributed by atoms with E-state index in [0.717, 1.165) is 17.5 Å². The van der Waals surface area contributed by atoms with Gasteiger partial charge in [-0.15, -0.1) is 0 Å². The molecule has 0 aromatic heterocycles. The van der Waals surface area contributed by atoms with Gasteiger partial charge in [0.15, 0.2) is 16.4 Å². The number of benzene rings is 1. The van der Waals surface area contributed by atoms with Crippen molar-refractivity contribution in [2.24, 2.45) is 0 Å². The van der Waals surface area contributed by atoms with Gasteiger partial charge in [-0.25, -0.2) is 8.42 Å². The lowest BCUT2D eigenvalue weighted by Gasteiger charge is -2.28. The number of carbonyl (C=O) groups excluding carboxylic acids is 1. The standard InChI is InChI=1S/C17H25NO4S/c1-4-8-18(15-7-9-23(20,21)12-15)17(19)11-22-16-6-5-13(2)10-14(16)3/h5-6,10,15H,4,7-9,11-12H2,1-3H3. The van der Waals surface area contributed by atoms with Gasteiger partial charge in [0.1, 0.15) is 5.75 Å². The van der Waals surface area contributed by atoms with Crippen LogP contribution in [0.1, 0.15) is 30.9 Å². The predicted molar refractivity (Wildman–Crippen MR) is 90.5 cm³/mol. The number of hydrogen-bond acceptors (Lipinski definition) is 4. The molecule has 1 saturated heterocycles. The maximum atomic E-state index is 12.5. The summed E-state index contributed by atoms with van der Waals surface area (Å²) in [6, 6.07) is 5.60. The van der Waals surface area contributed by atoms with Crippen molar-refractivity contribution in [3.63, 3.8) is 0 Å². The molecule has 1 aliphatic rings.